The number of thioether (sulfide) groups is 1. The molecule has 156 valence electrons. The molecule has 0 aliphatic heterocycles. The quantitative estimate of drug-likeness (QED) is 0.399. The van der Waals surface area contributed by atoms with Crippen molar-refractivity contribution in [1.82, 2.24) is 14.8 Å². The number of ether oxygens (including phenoxy) is 1. The third-order valence-corrected chi connectivity index (χ3v) is 6.13. The van der Waals surface area contributed by atoms with Gasteiger partial charge in [0.05, 0.1) is 31.2 Å². The molecular weight excluding hydrogens is 434 g/mol. The molecule has 0 saturated heterocycles. The summed E-state index contributed by atoms with van der Waals surface area (Å²) in [6.07, 6.45) is 1.61. The number of carbonyl (C=O) groups excluding carboxylic acids is 1. The lowest BCUT2D eigenvalue weighted by Crippen LogP contribution is -2.14. The van der Waals surface area contributed by atoms with Gasteiger partial charge in [-0.1, -0.05) is 11.8 Å². The average molecular weight is 452 g/mol. The van der Waals surface area contributed by atoms with E-state index in [2.05, 4.69) is 21.6 Å². The molecule has 4 rings (SSSR count). The Morgan fingerprint density at radius 3 is 2.84 bits per heavy atom. The van der Waals surface area contributed by atoms with Crippen LogP contribution in [0, 0.1) is 11.3 Å². The number of nitrogens with one attached hydrogen (secondary N) is 1. The maximum atomic E-state index is 12.4. The van der Waals surface area contributed by atoms with Gasteiger partial charge in [0.15, 0.2) is 11.0 Å². The molecule has 0 fully saturated rings. The highest BCUT2D eigenvalue weighted by atomic mass is 32.2. The maximum absolute atomic E-state index is 12.4. The second-order valence-electron chi connectivity index (χ2n) is 6.31. The van der Waals surface area contributed by atoms with Gasteiger partial charge in [0.25, 0.3) is 0 Å². The molecule has 1 aromatic carbocycles. The molecule has 31 heavy (non-hydrogen) atoms. The van der Waals surface area contributed by atoms with E-state index in [1.54, 1.807) is 24.8 Å². The van der Waals surface area contributed by atoms with Gasteiger partial charge in [0.2, 0.25) is 5.91 Å². The van der Waals surface area contributed by atoms with Crippen LogP contribution in [0.4, 0.5) is 5.00 Å². The number of benzene rings is 1. The standard InChI is InChI=1S/C21H17N5O3S2/c1-28-16-6-4-14(5-7-16)19-24-25-21(26(19)12-17-3-2-9-29-17)31-13-18(27)23-20-15(11-22)8-10-30-20/h2-10H,12-13H2,1H3,(H,23,27). The van der Waals surface area contributed by atoms with E-state index in [4.69, 9.17) is 14.4 Å². The van der Waals surface area contributed by atoms with Gasteiger partial charge < -0.3 is 14.5 Å². The number of nitriles is 1. The van der Waals surface area contributed by atoms with E-state index in [0.717, 1.165) is 17.1 Å². The van der Waals surface area contributed by atoms with Crippen molar-refractivity contribution < 1.29 is 13.9 Å². The van der Waals surface area contributed by atoms with Crippen molar-refractivity contribution in [2.45, 2.75) is 11.7 Å². The van der Waals surface area contributed by atoms with Crippen molar-refractivity contribution in [3.8, 4) is 23.2 Å². The van der Waals surface area contributed by atoms with E-state index in [1.807, 2.05) is 41.0 Å². The van der Waals surface area contributed by atoms with Crippen LogP contribution in [0.25, 0.3) is 11.4 Å². The second kappa shape index (κ2) is 9.51. The highest BCUT2D eigenvalue weighted by Crippen LogP contribution is 2.27. The normalized spacial score (nSPS) is 10.6. The molecule has 10 heteroatoms. The molecule has 0 spiro atoms. The first-order valence-corrected chi connectivity index (χ1v) is 11.0. The molecule has 0 unspecified atom stereocenters. The second-order valence-corrected chi connectivity index (χ2v) is 8.17. The van der Waals surface area contributed by atoms with Gasteiger partial charge >= 0.3 is 0 Å². The molecular formula is C21H17N5O3S2. The molecule has 0 aliphatic rings. The maximum Gasteiger partial charge on any atom is 0.235 e. The average Bonchev–Trinajstić information content (AvgIpc) is 3.54. The van der Waals surface area contributed by atoms with E-state index in [0.29, 0.717) is 28.1 Å². The van der Waals surface area contributed by atoms with Crippen LogP contribution in [0.1, 0.15) is 11.3 Å². The SMILES string of the molecule is COc1ccc(-c2nnc(SCC(=O)Nc3sccc3C#N)n2Cc2ccco2)cc1. The highest BCUT2D eigenvalue weighted by Gasteiger charge is 2.18. The molecule has 3 aromatic heterocycles. The Kier molecular flexibility index (Phi) is 6.35. The van der Waals surface area contributed by atoms with Gasteiger partial charge in [0.1, 0.15) is 22.6 Å². The molecule has 8 nitrogen and oxygen atoms in total. The molecule has 1 amide bonds. The number of nitrogens with zero attached hydrogens (tertiary/aromatic N) is 4. The van der Waals surface area contributed by atoms with E-state index >= 15 is 0 Å². The van der Waals surface area contributed by atoms with Gasteiger partial charge in [-0.3, -0.25) is 9.36 Å². The van der Waals surface area contributed by atoms with Crippen molar-refractivity contribution in [1.29, 1.82) is 5.26 Å². The number of methoxy groups -OCH3 is 1. The van der Waals surface area contributed by atoms with E-state index in [1.165, 1.54) is 23.1 Å². The minimum absolute atomic E-state index is 0.127. The van der Waals surface area contributed by atoms with Crippen LogP contribution in [0.15, 0.2) is 63.7 Å². The summed E-state index contributed by atoms with van der Waals surface area (Å²) in [5, 5.41) is 23.4. The fourth-order valence-corrected chi connectivity index (χ4v) is 4.33. The van der Waals surface area contributed by atoms with Gasteiger partial charge in [-0.25, -0.2) is 0 Å². The van der Waals surface area contributed by atoms with Gasteiger partial charge in [-0.2, -0.15) is 5.26 Å². The number of carbonyl (C=O) groups is 1. The lowest BCUT2D eigenvalue weighted by Gasteiger charge is -2.09. The predicted molar refractivity (Wildman–Crippen MR) is 118 cm³/mol. The third-order valence-electron chi connectivity index (χ3n) is 4.33. The Morgan fingerprint density at radius 1 is 1.29 bits per heavy atom. The van der Waals surface area contributed by atoms with Crippen LogP contribution in [0.3, 0.4) is 0 Å². The monoisotopic (exact) mass is 451 g/mol. The highest BCUT2D eigenvalue weighted by molar-refractivity contribution is 7.99. The fourth-order valence-electron chi connectivity index (χ4n) is 2.84. The molecule has 0 radical (unpaired) electrons. The summed E-state index contributed by atoms with van der Waals surface area (Å²) in [5.41, 5.74) is 1.32. The zero-order valence-corrected chi connectivity index (χ0v) is 18.1. The van der Waals surface area contributed by atoms with E-state index in [9.17, 15) is 4.79 Å². The Labute approximate surface area is 186 Å². The van der Waals surface area contributed by atoms with Crippen LogP contribution in [-0.4, -0.2) is 33.5 Å². The van der Waals surface area contributed by atoms with Crippen molar-refractivity contribution in [3.05, 3.63) is 65.4 Å². The molecule has 0 bridgehead atoms. The molecule has 0 atom stereocenters. The summed E-state index contributed by atoms with van der Waals surface area (Å²) < 4.78 is 12.6. The minimum Gasteiger partial charge on any atom is -0.497 e. The number of anilines is 1. The number of thiophene rings is 1. The molecule has 3 heterocycles. The first-order chi connectivity index (χ1) is 15.2. The van der Waals surface area contributed by atoms with Crippen LogP contribution in [0.2, 0.25) is 0 Å². The van der Waals surface area contributed by atoms with Gasteiger partial charge in [-0.05, 0) is 47.8 Å². The molecule has 4 aromatic rings. The predicted octanol–water partition coefficient (Wildman–Crippen LogP) is 4.26. The Hall–Kier alpha value is -3.55. The van der Waals surface area contributed by atoms with Crippen LogP contribution < -0.4 is 10.1 Å². The van der Waals surface area contributed by atoms with E-state index in [-0.39, 0.29) is 11.7 Å². The number of hydrogen-bond acceptors (Lipinski definition) is 8. The molecule has 0 saturated carbocycles. The number of rotatable bonds is 8. The Morgan fingerprint density at radius 2 is 2.13 bits per heavy atom. The summed E-state index contributed by atoms with van der Waals surface area (Å²) in [6, 6.07) is 15.0. The molecule has 1 N–H and O–H groups in total. The largest absolute Gasteiger partial charge is 0.497 e. The zero-order valence-electron chi connectivity index (χ0n) is 16.4. The van der Waals surface area contributed by atoms with Gasteiger partial charge in [0, 0.05) is 5.56 Å². The van der Waals surface area contributed by atoms with Crippen molar-refractivity contribution in [2.75, 3.05) is 18.2 Å². The van der Waals surface area contributed by atoms with Crippen molar-refractivity contribution in [2.24, 2.45) is 0 Å². The fraction of sp³-hybridized carbons (Fsp3) is 0.143. The number of amides is 1. The Bertz CT molecular complexity index is 1210. The number of aromatic nitrogens is 3. The third kappa shape index (κ3) is 4.79. The van der Waals surface area contributed by atoms with Crippen LogP contribution in [0.5, 0.6) is 5.75 Å². The van der Waals surface area contributed by atoms with Crippen molar-refractivity contribution in [3.63, 3.8) is 0 Å². The van der Waals surface area contributed by atoms with Gasteiger partial charge in [-0.15, -0.1) is 21.5 Å². The molecule has 0 aliphatic carbocycles. The van der Waals surface area contributed by atoms with E-state index < -0.39 is 0 Å². The first-order valence-electron chi connectivity index (χ1n) is 9.18. The smallest absolute Gasteiger partial charge is 0.235 e. The summed E-state index contributed by atoms with van der Waals surface area (Å²) in [7, 11) is 1.62. The van der Waals surface area contributed by atoms with Crippen LogP contribution in [-0.2, 0) is 11.3 Å². The van der Waals surface area contributed by atoms with Crippen molar-refractivity contribution >= 4 is 34.0 Å². The summed E-state index contributed by atoms with van der Waals surface area (Å²) >= 11 is 2.58. The minimum atomic E-state index is -0.220. The summed E-state index contributed by atoms with van der Waals surface area (Å²) in [4.78, 5) is 12.4. The summed E-state index contributed by atoms with van der Waals surface area (Å²) in [5.74, 6) is 2.06. The summed E-state index contributed by atoms with van der Waals surface area (Å²) in [6.45, 7) is 0.425. The number of furan rings is 1. The number of hydrogen-bond donors (Lipinski definition) is 1. The first kappa shape index (κ1) is 20.7. The van der Waals surface area contributed by atoms with Crippen LogP contribution >= 0.6 is 23.1 Å². The Balaban J connectivity index is 1.54. The topological polar surface area (TPSA) is 106 Å². The lowest BCUT2D eigenvalue weighted by atomic mass is 10.2. The zero-order chi connectivity index (χ0) is 21.6. The lowest BCUT2D eigenvalue weighted by molar-refractivity contribution is -0.113.